The Morgan fingerprint density at radius 1 is 1.21 bits per heavy atom. The maximum absolute atomic E-state index is 11.0. The van der Waals surface area contributed by atoms with Gasteiger partial charge in [0.05, 0.1) is 6.54 Å². The smallest absolute Gasteiger partial charge is 0.221 e. The molecule has 0 aliphatic carbocycles. The number of carbonyl (C=O) groups excluding carboxylic acids is 1. The van der Waals surface area contributed by atoms with Gasteiger partial charge in [-0.05, 0) is 26.0 Å². The third kappa shape index (κ3) is 4.02. The maximum Gasteiger partial charge on any atom is 0.221 e. The van der Waals surface area contributed by atoms with Gasteiger partial charge in [-0.15, -0.1) is 0 Å². The second-order valence-corrected chi connectivity index (χ2v) is 4.08. The highest BCUT2D eigenvalue weighted by Gasteiger charge is 2.32. The molecule has 106 valence electrons. The first-order valence-corrected chi connectivity index (χ1v) is 6.44. The van der Waals surface area contributed by atoms with Gasteiger partial charge >= 0.3 is 0 Å². The minimum atomic E-state index is -0.918. The van der Waals surface area contributed by atoms with Gasteiger partial charge in [-0.3, -0.25) is 4.79 Å². The molecule has 3 N–H and O–H groups in total. The fraction of sp³-hybridized carbons (Fsp3) is 0.500. The van der Waals surface area contributed by atoms with Crippen molar-refractivity contribution >= 4 is 11.6 Å². The normalized spacial score (nSPS) is 11.4. The maximum atomic E-state index is 11.0. The number of carbonyl (C=O) groups is 1. The Labute approximate surface area is 114 Å². The monoisotopic (exact) mass is 266 g/mol. The van der Waals surface area contributed by atoms with Gasteiger partial charge < -0.3 is 20.5 Å². The van der Waals surface area contributed by atoms with Crippen LogP contribution in [0.1, 0.15) is 26.3 Å². The molecule has 5 heteroatoms. The van der Waals surface area contributed by atoms with E-state index in [1.54, 1.807) is 12.1 Å². The third-order valence-electron chi connectivity index (χ3n) is 2.67. The molecule has 0 spiro atoms. The molecule has 0 bridgehead atoms. The van der Waals surface area contributed by atoms with Crippen LogP contribution in [-0.4, -0.2) is 25.7 Å². The first kappa shape index (κ1) is 15.6. The van der Waals surface area contributed by atoms with Crippen LogP contribution in [0.4, 0.5) is 5.69 Å². The second-order valence-electron chi connectivity index (χ2n) is 4.08. The lowest BCUT2D eigenvalue weighted by atomic mass is 10.0. The van der Waals surface area contributed by atoms with E-state index >= 15 is 0 Å². The summed E-state index contributed by atoms with van der Waals surface area (Å²) in [5.41, 5.74) is 7.38. The summed E-state index contributed by atoms with van der Waals surface area (Å²) in [5, 5.41) is 2.71. The standard InChI is InChI=1S/C14H22N2O3/c1-4-18-14(10-15,19-5-2)12-6-8-13(9-7-12)16-11(3)17/h6-9H,4-5,10,15H2,1-3H3,(H,16,17). The summed E-state index contributed by atoms with van der Waals surface area (Å²) < 4.78 is 11.4. The number of hydrogen-bond acceptors (Lipinski definition) is 4. The average molecular weight is 266 g/mol. The molecule has 0 aromatic heterocycles. The van der Waals surface area contributed by atoms with Crippen LogP contribution in [0.15, 0.2) is 24.3 Å². The van der Waals surface area contributed by atoms with Gasteiger partial charge in [-0.25, -0.2) is 0 Å². The molecule has 1 aromatic carbocycles. The van der Waals surface area contributed by atoms with E-state index in [1.807, 2.05) is 26.0 Å². The Morgan fingerprint density at radius 2 is 1.74 bits per heavy atom. The summed E-state index contributed by atoms with van der Waals surface area (Å²) in [7, 11) is 0. The lowest BCUT2D eigenvalue weighted by molar-refractivity contribution is -0.235. The molecule has 0 saturated heterocycles. The van der Waals surface area contributed by atoms with E-state index in [0.717, 1.165) is 11.3 Å². The fourth-order valence-corrected chi connectivity index (χ4v) is 1.92. The van der Waals surface area contributed by atoms with Crippen LogP contribution >= 0.6 is 0 Å². The van der Waals surface area contributed by atoms with Crippen LogP contribution in [0.5, 0.6) is 0 Å². The molecule has 0 heterocycles. The number of anilines is 1. The predicted octanol–water partition coefficient (Wildman–Crippen LogP) is 1.83. The van der Waals surface area contributed by atoms with Crippen molar-refractivity contribution in [1.82, 2.24) is 0 Å². The Hall–Kier alpha value is -1.43. The number of nitrogens with two attached hydrogens (primary N) is 1. The molecule has 1 aromatic rings. The Balaban J connectivity index is 2.99. The number of amides is 1. The molecule has 1 rings (SSSR count). The van der Waals surface area contributed by atoms with Gasteiger partial charge in [0.1, 0.15) is 0 Å². The van der Waals surface area contributed by atoms with Crippen LogP contribution < -0.4 is 11.1 Å². The number of hydrogen-bond donors (Lipinski definition) is 2. The summed E-state index contributed by atoms with van der Waals surface area (Å²) >= 11 is 0. The van der Waals surface area contributed by atoms with Crippen molar-refractivity contribution in [3.63, 3.8) is 0 Å². The molecular formula is C14H22N2O3. The zero-order valence-corrected chi connectivity index (χ0v) is 11.7. The van der Waals surface area contributed by atoms with E-state index in [1.165, 1.54) is 6.92 Å². The van der Waals surface area contributed by atoms with Gasteiger partial charge in [-0.2, -0.15) is 0 Å². The van der Waals surface area contributed by atoms with Crippen molar-refractivity contribution in [3.8, 4) is 0 Å². The average Bonchev–Trinajstić information content (AvgIpc) is 2.38. The summed E-state index contributed by atoms with van der Waals surface area (Å²) in [6, 6.07) is 7.31. The molecule has 0 aliphatic rings. The highest BCUT2D eigenvalue weighted by Crippen LogP contribution is 2.27. The van der Waals surface area contributed by atoms with Crippen LogP contribution in [0, 0.1) is 0 Å². The highest BCUT2D eigenvalue weighted by atomic mass is 16.7. The van der Waals surface area contributed by atoms with Crippen LogP contribution in [0.2, 0.25) is 0 Å². The number of rotatable bonds is 7. The zero-order valence-electron chi connectivity index (χ0n) is 11.7. The predicted molar refractivity (Wildman–Crippen MR) is 74.7 cm³/mol. The minimum absolute atomic E-state index is 0.104. The largest absolute Gasteiger partial charge is 0.345 e. The molecule has 1 amide bonds. The van der Waals surface area contributed by atoms with E-state index < -0.39 is 5.79 Å². The van der Waals surface area contributed by atoms with E-state index in [9.17, 15) is 4.79 Å². The molecule has 0 saturated carbocycles. The zero-order chi connectivity index (χ0) is 14.3. The van der Waals surface area contributed by atoms with Gasteiger partial charge in [0, 0.05) is 31.4 Å². The van der Waals surface area contributed by atoms with Crippen molar-refractivity contribution in [2.45, 2.75) is 26.6 Å². The summed E-state index contributed by atoms with van der Waals surface area (Å²) in [4.78, 5) is 11.0. The first-order valence-electron chi connectivity index (χ1n) is 6.44. The molecule has 0 radical (unpaired) electrons. The molecule has 19 heavy (non-hydrogen) atoms. The lowest BCUT2D eigenvalue weighted by Crippen LogP contribution is -2.41. The quantitative estimate of drug-likeness (QED) is 0.738. The van der Waals surface area contributed by atoms with E-state index in [-0.39, 0.29) is 12.5 Å². The SMILES string of the molecule is CCOC(CN)(OCC)c1ccc(NC(C)=O)cc1. The van der Waals surface area contributed by atoms with Crippen LogP contribution in [0.3, 0.4) is 0 Å². The summed E-state index contributed by atoms with van der Waals surface area (Å²) in [5.74, 6) is -1.02. The molecule has 0 aliphatic heterocycles. The summed E-state index contributed by atoms with van der Waals surface area (Å²) in [6.45, 7) is 6.51. The fourth-order valence-electron chi connectivity index (χ4n) is 1.92. The molecule has 0 atom stereocenters. The van der Waals surface area contributed by atoms with Crippen LogP contribution in [0.25, 0.3) is 0 Å². The van der Waals surface area contributed by atoms with Gasteiger partial charge in [0.15, 0.2) is 0 Å². The Bertz CT molecular complexity index is 398. The number of benzene rings is 1. The highest BCUT2D eigenvalue weighted by molar-refractivity contribution is 5.88. The van der Waals surface area contributed by atoms with Crippen molar-refractivity contribution in [2.24, 2.45) is 5.73 Å². The molecular weight excluding hydrogens is 244 g/mol. The first-order chi connectivity index (χ1) is 9.07. The van der Waals surface area contributed by atoms with E-state index in [2.05, 4.69) is 5.32 Å². The van der Waals surface area contributed by atoms with Crippen molar-refractivity contribution in [1.29, 1.82) is 0 Å². The van der Waals surface area contributed by atoms with Crippen molar-refractivity contribution in [2.75, 3.05) is 25.1 Å². The molecule has 0 unspecified atom stereocenters. The second kappa shape index (κ2) is 7.23. The van der Waals surface area contributed by atoms with E-state index in [0.29, 0.717) is 13.2 Å². The number of nitrogens with one attached hydrogen (secondary N) is 1. The molecule has 0 fully saturated rings. The Morgan fingerprint density at radius 3 is 2.11 bits per heavy atom. The summed E-state index contributed by atoms with van der Waals surface area (Å²) in [6.07, 6.45) is 0. The topological polar surface area (TPSA) is 73.6 Å². The van der Waals surface area contributed by atoms with Gasteiger partial charge in [-0.1, -0.05) is 12.1 Å². The molecule has 5 nitrogen and oxygen atoms in total. The minimum Gasteiger partial charge on any atom is -0.345 e. The third-order valence-corrected chi connectivity index (χ3v) is 2.67. The number of ether oxygens (including phenoxy) is 2. The lowest BCUT2D eigenvalue weighted by Gasteiger charge is -2.32. The van der Waals surface area contributed by atoms with Gasteiger partial charge in [0.25, 0.3) is 0 Å². The van der Waals surface area contributed by atoms with Gasteiger partial charge in [0.2, 0.25) is 11.7 Å². The van der Waals surface area contributed by atoms with Crippen molar-refractivity contribution < 1.29 is 14.3 Å². The van der Waals surface area contributed by atoms with Crippen molar-refractivity contribution in [3.05, 3.63) is 29.8 Å². The van der Waals surface area contributed by atoms with E-state index in [4.69, 9.17) is 15.2 Å². The Kier molecular flexibility index (Phi) is 5.95. The van der Waals surface area contributed by atoms with Crippen LogP contribution in [-0.2, 0) is 20.1 Å².